The third-order valence-corrected chi connectivity index (χ3v) is 2.46. The molecule has 0 aliphatic rings. The molecule has 8 nitrogen and oxygen atoms in total. The molecular formula is C10H10N4O4. The van der Waals surface area contributed by atoms with Gasteiger partial charge in [0.15, 0.2) is 0 Å². The summed E-state index contributed by atoms with van der Waals surface area (Å²) in [6.45, 7) is 1.42. The first kappa shape index (κ1) is 13.4. The number of likely N-dealkylation sites (N-methyl/N-ethyl adjacent to an activating group) is 1. The minimum Gasteiger partial charge on any atom is -0.480 e. The first-order valence-corrected chi connectivity index (χ1v) is 4.88. The van der Waals surface area contributed by atoms with Gasteiger partial charge in [0, 0.05) is 13.1 Å². The number of nitro groups is 1. The first-order chi connectivity index (χ1) is 8.38. The van der Waals surface area contributed by atoms with Gasteiger partial charge in [0.25, 0.3) is 5.69 Å². The Morgan fingerprint density at radius 1 is 1.72 bits per heavy atom. The Labute approximate surface area is 102 Å². The first-order valence-electron chi connectivity index (χ1n) is 4.88. The number of anilines is 1. The topological polar surface area (TPSA) is 120 Å². The van der Waals surface area contributed by atoms with Gasteiger partial charge in [0.2, 0.25) is 0 Å². The summed E-state index contributed by atoms with van der Waals surface area (Å²) in [4.78, 5) is 25.7. The molecule has 1 N–H and O–H groups in total. The van der Waals surface area contributed by atoms with E-state index in [2.05, 4.69) is 4.98 Å². The number of nitrogens with zero attached hydrogens (tertiary/aromatic N) is 4. The molecule has 1 heterocycles. The number of carbonyl (C=O) groups is 1. The highest BCUT2D eigenvalue weighted by molar-refractivity contribution is 5.77. The van der Waals surface area contributed by atoms with Crippen LogP contribution in [0.2, 0.25) is 0 Å². The lowest BCUT2D eigenvalue weighted by Gasteiger charge is -2.22. The average Bonchev–Trinajstić information content (AvgIpc) is 2.35. The van der Waals surface area contributed by atoms with Crippen molar-refractivity contribution < 1.29 is 14.8 Å². The normalized spacial score (nSPS) is 11.4. The van der Waals surface area contributed by atoms with E-state index in [1.54, 1.807) is 6.07 Å². The summed E-state index contributed by atoms with van der Waals surface area (Å²) >= 11 is 0. The predicted molar refractivity (Wildman–Crippen MR) is 61.1 cm³/mol. The Bertz CT molecular complexity index is 537. The third kappa shape index (κ3) is 2.52. The zero-order valence-corrected chi connectivity index (χ0v) is 9.69. The van der Waals surface area contributed by atoms with E-state index in [0.29, 0.717) is 0 Å². The van der Waals surface area contributed by atoms with E-state index in [-0.39, 0.29) is 17.1 Å². The number of rotatable bonds is 4. The fourth-order valence-electron chi connectivity index (χ4n) is 1.26. The summed E-state index contributed by atoms with van der Waals surface area (Å²) in [5.41, 5.74) is -0.355. The molecule has 0 spiro atoms. The summed E-state index contributed by atoms with van der Waals surface area (Å²) in [7, 11) is 1.45. The van der Waals surface area contributed by atoms with E-state index in [9.17, 15) is 14.9 Å². The van der Waals surface area contributed by atoms with Gasteiger partial charge in [-0.2, -0.15) is 5.26 Å². The van der Waals surface area contributed by atoms with Crippen LogP contribution in [0.4, 0.5) is 11.5 Å². The fraction of sp³-hybridized carbons (Fsp3) is 0.300. The number of aliphatic carboxylic acids is 1. The molecule has 0 saturated heterocycles. The summed E-state index contributed by atoms with van der Waals surface area (Å²) in [6.07, 6.45) is 0.987. The monoisotopic (exact) mass is 250 g/mol. The minimum absolute atomic E-state index is 0.0419. The van der Waals surface area contributed by atoms with E-state index >= 15 is 0 Å². The molecule has 0 amide bonds. The lowest BCUT2D eigenvalue weighted by molar-refractivity contribution is -0.385. The summed E-state index contributed by atoms with van der Waals surface area (Å²) in [6, 6.07) is 1.93. The molecule has 1 rings (SSSR count). The van der Waals surface area contributed by atoms with Crippen LogP contribution in [0.1, 0.15) is 12.5 Å². The highest BCUT2D eigenvalue weighted by Crippen LogP contribution is 2.22. The Morgan fingerprint density at radius 3 is 2.78 bits per heavy atom. The Balaban J connectivity index is 3.22. The number of hydrogen-bond acceptors (Lipinski definition) is 6. The van der Waals surface area contributed by atoms with Gasteiger partial charge in [0.05, 0.1) is 4.92 Å². The van der Waals surface area contributed by atoms with Crippen LogP contribution in [0.25, 0.3) is 0 Å². The molecule has 0 aliphatic heterocycles. The van der Waals surface area contributed by atoms with Crippen molar-refractivity contribution >= 4 is 17.5 Å². The van der Waals surface area contributed by atoms with Crippen LogP contribution >= 0.6 is 0 Å². The van der Waals surface area contributed by atoms with Gasteiger partial charge in [0.1, 0.15) is 29.7 Å². The number of aromatic nitrogens is 1. The maximum absolute atomic E-state index is 10.8. The van der Waals surface area contributed by atoms with Crippen molar-refractivity contribution in [2.24, 2.45) is 0 Å². The molecule has 0 aromatic carbocycles. The van der Waals surface area contributed by atoms with Crippen LogP contribution in [-0.4, -0.2) is 34.1 Å². The number of carboxylic acids is 1. The Kier molecular flexibility index (Phi) is 3.78. The molecule has 0 fully saturated rings. The standard InChI is InChI=1S/C10H10N4O4/c1-6(10(15)16)13(2)9-7(4-11)3-8(5-12-9)14(17)18/h3,5-6H,1-2H3,(H,15,16). The van der Waals surface area contributed by atoms with Gasteiger partial charge in [-0.1, -0.05) is 0 Å². The highest BCUT2D eigenvalue weighted by atomic mass is 16.6. The molecule has 0 aliphatic carbocycles. The SMILES string of the molecule is CC(C(=O)O)N(C)c1ncc([N+](=O)[O-])cc1C#N. The molecule has 1 atom stereocenters. The summed E-state index contributed by atoms with van der Waals surface area (Å²) < 4.78 is 0. The fourth-order valence-corrected chi connectivity index (χ4v) is 1.26. The van der Waals surface area contributed by atoms with Gasteiger partial charge in [-0.25, -0.2) is 9.78 Å². The van der Waals surface area contributed by atoms with E-state index in [1.807, 2.05) is 0 Å². The van der Waals surface area contributed by atoms with Crippen LogP contribution in [0.15, 0.2) is 12.3 Å². The molecule has 1 aromatic heterocycles. The van der Waals surface area contributed by atoms with Gasteiger partial charge < -0.3 is 10.0 Å². The molecule has 18 heavy (non-hydrogen) atoms. The van der Waals surface area contributed by atoms with E-state index < -0.39 is 16.9 Å². The molecule has 1 unspecified atom stereocenters. The quantitative estimate of drug-likeness (QED) is 0.618. The minimum atomic E-state index is -1.08. The predicted octanol–water partition coefficient (Wildman–Crippen LogP) is 0.771. The summed E-state index contributed by atoms with van der Waals surface area (Å²) in [5.74, 6) is -0.987. The van der Waals surface area contributed by atoms with Crippen LogP contribution in [-0.2, 0) is 4.79 Å². The molecule has 1 aromatic rings. The zero-order valence-electron chi connectivity index (χ0n) is 9.69. The van der Waals surface area contributed by atoms with Crippen molar-refractivity contribution in [2.75, 3.05) is 11.9 Å². The van der Waals surface area contributed by atoms with Crippen LogP contribution in [0, 0.1) is 21.4 Å². The van der Waals surface area contributed by atoms with Crippen LogP contribution < -0.4 is 4.90 Å². The zero-order chi connectivity index (χ0) is 13.9. The third-order valence-electron chi connectivity index (χ3n) is 2.46. The maximum atomic E-state index is 10.8. The second kappa shape index (κ2) is 5.09. The number of hydrogen-bond donors (Lipinski definition) is 1. The van der Waals surface area contributed by atoms with Crippen LogP contribution in [0.3, 0.4) is 0 Å². The van der Waals surface area contributed by atoms with E-state index in [0.717, 1.165) is 12.3 Å². The number of pyridine rings is 1. The maximum Gasteiger partial charge on any atom is 0.326 e. The molecule has 94 valence electrons. The van der Waals surface area contributed by atoms with Crippen molar-refractivity contribution in [1.82, 2.24) is 4.98 Å². The molecule has 0 bridgehead atoms. The Hall–Kier alpha value is -2.69. The summed E-state index contributed by atoms with van der Waals surface area (Å²) in [5, 5.41) is 28.3. The van der Waals surface area contributed by atoms with Crippen molar-refractivity contribution in [3.63, 3.8) is 0 Å². The highest BCUT2D eigenvalue weighted by Gasteiger charge is 2.22. The van der Waals surface area contributed by atoms with Gasteiger partial charge >= 0.3 is 5.97 Å². The van der Waals surface area contributed by atoms with Crippen molar-refractivity contribution in [3.8, 4) is 6.07 Å². The van der Waals surface area contributed by atoms with Gasteiger partial charge in [-0.3, -0.25) is 10.1 Å². The number of nitriles is 1. The lowest BCUT2D eigenvalue weighted by atomic mass is 10.2. The molecule has 0 saturated carbocycles. The van der Waals surface area contributed by atoms with E-state index in [1.165, 1.54) is 18.9 Å². The smallest absolute Gasteiger partial charge is 0.326 e. The van der Waals surface area contributed by atoms with E-state index in [4.69, 9.17) is 10.4 Å². The molecule has 0 radical (unpaired) electrons. The van der Waals surface area contributed by atoms with Crippen LogP contribution in [0.5, 0.6) is 0 Å². The molecule has 8 heteroatoms. The van der Waals surface area contributed by atoms with Gasteiger partial charge in [-0.15, -0.1) is 0 Å². The van der Waals surface area contributed by atoms with Crippen molar-refractivity contribution in [3.05, 3.63) is 27.9 Å². The van der Waals surface area contributed by atoms with Crippen molar-refractivity contribution in [1.29, 1.82) is 5.26 Å². The largest absolute Gasteiger partial charge is 0.480 e. The second-order valence-corrected chi connectivity index (χ2v) is 3.56. The molecular weight excluding hydrogens is 240 g/mol. The average molecular weight is 250 g/mol. The second-order valence-electron chi connectivity index (χ2n) is 3.56. The lowest BCUT2D eigenvalue weighted by Crippen LogP contribution is -2.36. The number of carboxylic acid groups (broad SMARTS) is 1. The van der Waals surface area contributed by atoms with Crippen molar-refractivity contribution in [2.45, 2.75) is 13.0 Å². The Morgan fingerprint density at radius 2 is 2.33 bits per heavy atom. The van der Waals surface area contributed by atoms with Gasteiger partial charge in [-0.05, 0) is 6.92 Å².